The monoisotopic (exact) mass is 391 g/mol. The van der Waals surface area contributed by atoms with Crippen LogP contribution in [0.25, 0.3) is 16.7 Å². The molecule has 0 aliphatic carbocycles. The number of amides is 1. The zero-order valence-electron chi connectivity index (χ0n) is 13.5. The topological polar surface area (TPSA) is 160 Å². The van der Waals surface area contributed by atoms with E-state index in [1.165, 1.54) is 13.0 Å². The maximum atomic E-state index is 11.5. The van der Waals surface area contributed by atoms with E-state index < -0.39 is 22.5 Å². The van der Waals surface area contributed by atoms with E-state index in [1.807, 2.05) is 0 Å². The summed E-state index contributed by atoms with van der Waals surface area (Å²) < 4.78 is 0. The van der Waals surface area contributed by atoms with Crippen LogP contribution in [0.3, 0.4) is 0 Å². The van der Waals surface area contributed by atoms with Crippen LogP contribution < -0.4 is 5.32 Å². The molecule has 1 heterocycles. The number of anilines is 1. The molecule has 0 atom stereocenters. The fourth-order valence-electron chi connectivity index (χ4n) is 2.39. The number of fused-ring (bicyclic) bond motifs is 1. The number of benzene rings is 2. The Morgan fingerprint density at radius 2 is 1.93 bits per heavy atom. The van der Waals surface area contributed by atoms with Crippen LogP contribution >= 0.6 is 11.6 Å². The van der Waals surface area contributed by atoms with Crippen molar-refractivity contribution >= 4 is 45.9 Å². The van der Waals surface area contributed by atoms with Crippen LogP contribution in [0.2, 0.25) is 5.02 Å². The number of nitro groups is 1. The molecule has 2 aromatic carbocycles. The second kappa shape index (κ2) is 6.53. The van der Waals surface area contributed by atoms with Crippen molar-refractivity contribution in [3.05, 3.63) is 45.0 Å². The summed E-state index contributed by atoms with van der Waals surface area (Å²) in [4.78, 5) is 33.8. The summed E-state index contributed by atoms with van der Waals surface area (Å²) in [6.45, 7) is 1.23. The lowest BCUT2D eigenvalue weighted by atomic mass is 10.1. The van der Waals surface area contributed by atoms with Crippen molar-refractivity contribution in [2.75, 3.05) is 5.32 Å². The van der Waals surface area contributed by atoms with Crippen LogP contribution in [-0.2, 0) is 4.79 Å². The number of carboxylic acids is 1. The molecule has 0 saturated heterocycles. The van der Waals surface area contributed by atoms with Gasteiger partial charge in [-0.05, 0) is 12.1 Å². The third-order valence-corrected chi connectivity index (χ3v) is 3.91. The number of aromatic hydroxyl groups is 1. The van der Waals surface area contributed by atoms with Crippen molar-refractivity contribution in [2.45, 2.75) is 6.92 Å². The first-order chi connectivity index (χ1) is 12.7. The molecule has 1 amide bonds. The summed E-state index contributed by atoms with van der Waals surface area (Å²) in [5.41, 5.74) is -0.715. The number of carboxylic acid groups (broad SMARTS) is 1. The third kappa shape index (κ3) is 3.22. The molecule has 0 radical (unpaired) electrons. The minimum Gasteiger partial charge on any atom is -0.505 e. The van der Waals surface area contributed by atoms with Gasteiger partial charge in [0.1, 0.15) is 22.5 Å². The molecule has 3 rings (SSSR count). The molecule has 0 fully saturated rings. The van der Waals surface area contributed by atoms with Crippen LogP contribution in [0.5, 0.6) is 5.75 Å². The van der Waals surface area contributed by atoms with Gasteiger partial charge in [0, 0.05) is 13.0 Å². The van der Waals surface area contributed by atoms with Gasteiger partial charge in [-0.15, -0.1) is 15.0 Å². The molecule has 27 heavy (non-hydrogen) atoms. The molecule has 0 saturated carbocycles. The molecule has 11 nitrogen and oxygen atoms in total. The van der Waals surface area contributed by atoms with Gasteiger partial charge in [-0.2, -0.15) is 0 Å². The largest absolute Gasteiger partial charge is 0.505 e. The Morgan fingerprint density at radius 3 is 2.48 bits per heavy atom. The molecule has 138 valence electrons. The van der Waals surface area contributed by atoms with Crippen LogP contribution in [0.4, 0.5) is 11.4 Å². The summed E-state index contributed by atoms with van der Waals surface area (Å²) in [7, 11) is 0. The summed E-state index contributed by atoms with van der Waals surface area (Å²) in [6, 6.07) is 4.38. The van der Waals surface area contributed by atoms with Gasteiger partial charge in [0.05, 0.1) is 27.3 Å². The molecule has 0 bridgehead atoms. The molecule has 0 aliphatic heterocycles. The number of aromatic nitrogens is 3. The molecule has 1 aromatic heterocycles. The average molecular weight is 392 g/mol. The highest BCUT2D eigenvalue weighted by molar-refractivity contribution is 6.38. The van der Waals surface area contributed by atoms with Gasteiger partial charge in [-0.3, -0.25) is 14.9 Å². The predicted molar refractivity (Wildman–Crippen MR) is 93.5 cm³/mol. The van der Waals surface area contributed by atoms with E-state index in [9.17, 15) is 29.9 Å². The van der Waals surface area contributed by atoms with Crippen LogP contribution in [0, 0.1) is 10.1 Å². The fourth-order valence-corrected chi connectivity index (χ4v) is 2.61. The number of phenolic OH excluding ortho intramolecular Hbond substituents is 1. The van der Waals surface area contributed by atoms with E-state index in [-0.39, 0.29) is 38.7 Å². The maximum Gasteiger partial charge on any atom is 0.338 e. The number of nitrogens with zero attached hydrogens (tertiary/aromatic N) is 4. The van der Waals surface area contributed by atoms with Crippen LogP contribution in [0.1, 0.15) is 17.3 Å². The highest BCUT2D eigenvalue weighted by atomic mass is 35.5. The number of nitro benzene ring substituents is 1. The molecule has 12 heteroatoms. The van der Waals surface area contributed by atoms with Crippen LogP contribution in [0.15, 0.2) is 24.3 Å². The SMILES string of the molecule is CC(=O)Nc1cc(C(=O)O)c2nn(-c3ccc([N+](=O)[O-])cc3O)nc2c1Cl. The zero-order valence-corrected chi connectivity index (χ0v) is 14.3. The second-order valence-electron chi connectivity index (χ2n) is 5.39. The number of nitrogens with one attached hydrogen (secondary N) is 1. The first-order valence-corrected chi connectivity index (χ1v) is 7.65. The number of carbonyl (C=O) groups is 2. The number of phenols is 1. The number of hydrogen-bond acceptors (Lipinski definition) is 7. The van der Waals surface area contributed by atoms with Gasteiger partial charge in [-0.1, -0.05) is 11.6 Å². The Labute approximate surface area is 154 Å². The smallest absolute Gasteiger partial charge is 0.338 e. The highest BCUT2D eigenvalue weighted by Gasteiger charge is 2.22. The Balaban J connectivity index is 2.24. The molecule has 0 aliphatic rings. The highest BCUT2D eigenvalue weighted by Crippen LogP contribution is 2.34. The Kier molecular flexibility index (Phi) is 4.37. The first-order valence-electron chi connectivity index (χ1n) is 7.27. The minimum atomic E-state index is -1.33. The van der Waals surface area contributed by atoms with Crippen molar-refractivity contribution in [1.29, 1.82) is 0 Å². The Hall–Kier alpha value is -3.73. The molecular formula is C15H10ClN5O6. The van der Waals surface area contributed by atoms with E-state index in [0.717, 1.165) is 23.0 Å². The molecular weight excluding hydrogens is 382 g/mol. The lowest BCUT2D eigenvalue weighted by Gasteiger charge is -2.06. The lowest BCUT2D eigenvalue weighted by Crippen LogP contribution is -2.08. The number of halogens is 1. The van der Waals surface area contributed by atoms with E-state index in [1.54, 1.807) is 0 Å². The standard InChI is InChI=1S/C15H10ClN5O6/c1-6(22)17-9-5-8(15(24)25)13-14(12(9)16)19-20(18-13)10-3-2-7(21(26)27)4-11(10)23/h2-5,23H,1H3,(H,17,22)(H,24,25). The third-order valence-electron chi connectivity index (χ3n) is 3.53. The number of carbonyl (C=O) groups excluding carboxylic acids is 1. The summed E-state index contributed by atoms with van der Waals surface area (Å²) in [5.74, 6) is -2.28. The zero-order chi connectivity index (χ0) is 19.9. The van der Waals surface area contributed by atoms with Gasteiger partial charge in [-0.25, -0.2) is 4.79 Å². The lowest BCUT2D eigenvalue weighted by molar-refractivity contribution is -0.384. The van der Waals surface area contributed by atoms with Crippen molar-refractivity contribution in [3.8, 4) is 11.4 Å². The Bertz CT molecular complexity index is 1130. The van der Waals surface area contributed by atoms with Gasteiger partial charge < -0.3 is 15.5 Å². The first kappa shape index (κ1) is 18.1. The van der Waals surface area contributed by atoms with E-state index in [2.05, 4.69) is 15.5 Å². The minimum absolute atomic E-state index is 0.0229. The molecule has 0 spiro atoms. The van der Waals surface area contributed by atoms with Gasteiger partial charge >= 0.3 is 5.97 Å². The van der Waals surface area contributed by atoms with E-state index >= 15 is 0 Å². The van der Waals surface area contributed by atoms with Crippen molar-refractivity contribution in [1.82, 2.24) is 15.0 Å². The summed E-state index contributed by atoms with van der Waals surface area (Å²) >= 11 is 6.19. The number of aromatic carboxylic acids is 1. The second-order valence-corrected chi connectivity index (χ2v) is 5.77. The summed E-state index contributed by atoms with van der Waals surface area (Å²) in [6.07, 6.45) is 0. The maximum absolute atomic E-state index is 11.5. The van der Waals surface area contributed by atoms with Gasteiger partial charge in [0.15, 0.2) is 0 Å². The van der Waals surface area contributed by atoms with E-state index in [4.69, 9.17) is 11.6 Å². The predicted octanol–water partition coefficient (Wildman–Crippen LogP) is 2.34. The van der Waals surface area contributed by atoms with Crippen LogP contribution in [-0.4, -0.2) is 42.0 Å². The summed E-state index contributed by atoms with van der Waals surface area (Å²) in [5, 5.41) is 40.6. The number of rotatable bonds is 4. The normalized spacial score (nSPS) is 10.7. The number of hydrogen-bond donors (Lipinski definition) is 3. The quantitative estimate of drug-likeness (QED) is 0.451. The number of non-ortho nitro benzene ring substituents is 1. The molecule has 3 N–H and O–H groups in total. The van der Waals surface area contributed by atoms with Gasteiger partial charge in [0.25, 0.3) is 5.69 Å². The molecule has 3 aromatic rings. The fraction of sp³-hybridized carbons (Fsp3) is 0.0667. The van der Waals surface area contributed by atoms with Gasteiger partial charge in [0.2, 0.25) is 5.91 Å². The van der Waals surface area contributed by atoms with E-state index in [0.29, 0.717) is 0 Å². The average Bonchev–Trinajstić information content (AvgIpc) is 3.01. The van der Waals surface area contributed by atoms with Crippen molar-refractivity contribution in [2.24, 2.45) is 0 Å². The molecule has 0 unspecified atom stereocenters. The Morgan fingerprint density at radius 1 is 1.26 bits per heavy atom. The van der Waals surface area contributed by atoms with Crippen molar-refractivity contribution < 1.29 is 24.7 Å². The van der Waals surface area contributed by atoms with Crippen molar-refractivity contribution in [3.63, 3.8) is 0 Å².